The van der Waals surface area contributed by atoms with Gasteiger partial charge in [-0.25, -0.2) is 8.78 Å². The number of ether oxygens (including phenoxy) is 1. The summed E-state index contributed by atoms with van der Waals surface area (Å²) < 4.78 is 35.0. The molecule has 0 unspecified atom stereocenters. The number of hydrogen-bond donors (Lipinski definition) is 1. The van der Waals surface area contributed by atoms with Gasteiger partial charge in [-0.3, -0.25) is 4.79 Å². The van der Waals surface area contributed by atoms with Crippen LogP contribution in [0.25, 0.3) is 22.0 Å². The number of anilines is 1. The van der Waals surface area contributed by atoms with Crippen LogP contribution in [0.4, 0.5) is 14.5 Å². The molecule has 0 saturated carbocycles. The number of benzene rings is 3. The van der Waals surface area contributed by atoms with Crippen LogP contribution in [0, 0.1) is 23.0 Å². The zero-order valence-corrected chi connectivity index (χ0v) is 21.5. The first-order valence-electron chi connectivity index (χ1n) is 12.5. The highest BCUT2D eigenvalue weighted by molar-refractivity contribution is 6.04. The van der Waals surface area contributed by atoms with Crippen LogP contribution < -0.4 is 9.64 Å². The molecule has 0 aliphatic carbocycles. The Hall–Kier alpha value is -4.38. The second kappa shape index (κ2) is 10.2. The number of nitrogens with zero attached hydrogens (tertiary/aromatic N) is 3. The van der Waals surface area contributed by atoms with Gasteiger partial charge in [0.1, 0.15) is 23.3 Å². The molecule has 2 heterocycles. The third-order valence-corrected chi connectivity index (χ3v) is 7.12. The lowest BCUT2D eigenvalue weighted by molar-refractivity contribution is 0.0742. The Kier molecular flexibility index (Phi) is 6.77. The SMILES string of the molecule is COc1ccccc1-c1cc(C(C)C)c(F)c2[nH]c(C(=O)N3CCN(c4cc(F)ccc4C#N)CC3)cc12. The van der Waals surface area contributed by atoms with Gasteiger partial charge in [-0.2, -0.15) is 5.26 Å². The topological polar surface area (TPSA) is 72.4 Å². The largest absolute Gasteiger partial charge is 0.496 e. The number of carbonyl (C=O) groups excluding carboxylic acids is 1. The number of nitrogens with one attached hydrogen (secondary N) is 1. The van der Waals surface area contributed by atoms with Crippen molar-refractivity contribution in [3.05, 3.63) is 83.1 Å². The molecular formula is C30H28F2N4O2. The molecule has 0 atom stereocenters. The van der Waals surface area contributed by atoms with Gasteiger partial charge < -0.3 is 19.5 Å². The van der Waals surface area contributed by atoms with Crippen molar-refractivity contribution in [3.63, 3.8) is 0 Å². The van der Waals surface area contributed by atoms with Gasteiger partial charge >= 0.3 is 0 Å². The van der Waals surface area contributed by atoms with E-state index in [9.17, 15) is 14.4 Å². The Labute approximate surface area is 220 Å². The second-order valence-corrected chi connectivity index (χ2v) is 9.71. The number of fused-ring (bicyclic) bond motifs is 1. The first kappa shape index (κ1) is 25.3. The third kappa shape index (κ3) is 4.45. The van der Waals surface area contributed by atoms with E-state index in [1.807, 2.05) is 49.1 Å². The maximum Gasteiger partial charge on any atom is 0.270 e. The summed E-state index contributed by atoms with van der Waals surface area (Å²) in [4.78, 5) is 20.2. The van der Waals surface area contributed by atoms with Gasteiger partial charge in [0.15, 0.2) is 5.82 Å². The van der Waals surface area contributed by atoms with E-state index in [4.69, 9.17) is 4.74 Å². The molecule has 1 aliphatic heterocycles. The quantitative estimate of drug-likeness (QED) is 0.350. The molecule has 1 fully saturated rings. The average Bonchev–Trinajstić information content (AvgIpc) is 3.39. The van der Waals surface area contributed by atoms with Crippen LogP contribution >= 0.6 is 0 Å². The van der Waals surface area contributed by atoms with Crippen molar-refractivity contribution in [2.75, 3.05) is 38.2 Å². The summed E-state index contributed by atoms with van der Waals surface area (Å²) in [5.74, 6) is -0.423. The van der Waals surface area contributed by atoms with E-state index in [0.717, 1.165) is 11.1 Å². The molecule has 1 saturated heterocycles. The Morgan fingerprint density at radius 2 is 1.76 bits per heavy atom. The highest BCUT2D eigenvalue weighted by Crippen LogP contribution is 2.39. The number of amides is 1. The number of halogens is 2. The number of methoxy groups -OCH3 is 1. The number of rotatable bonds is 5. The smallest absolute Gasteiger partial charge is 0.270 e. The van der Waals surface area contributed by atoms with E-state index >= 15 is 4.39 Å². The Bertz CT molecular complexity index is 1560. The molecule has 1 amide bonds. The predicted molar refractivity (Wildman–Crippen MR) is 144 cm³/mol. The number of para-hydroxylation sites is 1. The molecule has 1 aromatic heterocycles. The van der Waals surface area contributed by atoms with Crippen LogP contribution in [0.3, 0.4) is 0 Å². The first-order chi connectivity index (χ1) is 18.3. The summed E-state index contributed by atoms with van der Waals surface area (Å²) in [5, 5.41) is 10.0. The molecule has 0 radical (unpaired) electrons. The summed E-state index contributed by atoms with van der Waals surface area (Å²) in [6, 6.07) is 17.3. The molecule has 1 aliphatic rings. The van der Waals surface area contributed by atoms with Gasteiger partial charge in [-0.15, -0.1) is 0 Å². The summed E-state index contributed by atoms with van der Waals surface area (Å²) in [7, 11) is 1.60. The average molecular weight is 515 g/mol. The molecule has 0 spiro atoms. The van der Waals surface area contributed by atoms with Crippen molar-refractivity contribution >= 4 is 22.5 Å². The molecular weight excluding hydrogens is 486 g/mol. The van der Waals surface area contributed by atoms with Crippen LogP contribution in [0.1, 0.15) is 41.4 Å². The number of aromatic amines is 1. The fourth-order valence-electron chi connectivity index (χ4n) is 5.09. The molecule has 5 rings (SSSR count). The molecule has 4 aromatic rings. The van der Waals surface area contributed by atoms with Crippen LogP contribution in [-0.2, 0) is 0 Å². The van der Waals surface area contributed by atoms with Crippen LogP contribution in [0.15, 0.2) is 54.6 Å². The van der Waals surface area contributed by atoms with Gasteiger partial charge in [-0.1, -0.05) is 32.0 Å². The molecule has 8 heteroatoms. The number of carbonyl (C=O) groups is 1. The Balaban J connectivity index is 1.48. The number of aromatic nitrogens is 1. The van der Waals surface area contributed by atoms with E-state index in [1.54, 1.807) is 18.1 Å². The molecule has 6 nitrogen and oxygen atoms in total. The molecule has 3 aromatic carbocycles. The normalized spacial score (nSPS) is 13.7. The second-order valence-electron chi connectivity index (χ2n) is 9.71. The molecule has 194 valence electrons. The van der Waals surface area contributed by atoms with Crippen molar-refractivity contribution in [3.8, 4) is 22.9 Å². The van der Waals surface area contributed by atoms with Crippen molar-refractivity contribution in [2.24, 2.45) is 0 Å². The van der Waals surface area contributed by atoms with Gasteiger partial charge in [-0.05, 0) is 53.4 Å². The fourth-order valence-corrected chi connectivity index (χ4v) is 5.09. The lowest BCUT2D eigenvalue weighted by Crippen LogP contribution is -2.49. The first-order valence-corrected chi connectivity index (χ1v) is 12.5. The standard InChI is InChI=1S/C30H28F2N4O2/c1-18(2)22-15-23(21-6-4-5-7-27(21)38-3)24-16-25(34-29(24)28(22)32)30(37)36-12-10-35(11-13-36)26-14-20(31)9-8-19(26)17-33/h4-9,14-16,18,34H,10-13H2,1-3H3. The molecule has 1 N–H and O–H groups in total. The lowest BCUT2D eigenvalue weighted by atomic mass is 9.93. The summed E-state index contributed by atoms with van der Waals surface area (Å²) in [5.41, 5.74) is 3.66. The monoisotopic (exact) mass is 514 g/mol. The third-order valence-electron chi connectivity index (χ3n) is 7.12. The van der Waals surface area contributed by atoms with Gasteiger partial charge in [0, 0.05) is 37.1 Å². The zero-order valence-electron chi connectivity index (χ0n) is 21.5. The predicted octanol–water partition coefficient (Wildman–Crippen LogP) is 6.08. The van der Waals surface area contributed by atoms with Crippen LogP contribution in [0.5, 0.6) is 5.75 Å². The van der Waals surface area contributed by atoms with Crippen molar-refractivity contribution in [1.82, 2.24) is 9.88 Å². The van der Waals surface area contributed by atoms with E-state index in [2.05, 4.69) is 11.1 Å². The minimum absolute atomic E-state index is 0.0653. The summed E-state index contributed by atoms with van der Waals surface area (Å²) in [6.45, 7) is 5.52. The van der Waals surface area contributed by atoms with E-state index in [0.29, 0.717) is 59.8 Å². The van der Waals surface area contributed by atoms with E-state index < -0.39 is 5.82 Å². The molecule has 0 bridgehead atoms. The molecule has 38 heavy (non-hydrogen) atoms. The van der Waals surface area contributed by atoms with Crippen molar-refractivity contribution in [1.29, 1.82) is 5.26 Å². The van der Waals surface area contributed by atoms with Crippen LogP contribution in [-0.4, -0.2) is 49.1 Å². The summed E-state index contributed by atoms with van der Waals surface area (Å²) in [6.07, 6.45) is 0. The van der Waals surface area contributed by atoms with E-state index in [1.165, 1.54) is 18.2 Å². The Morgan fingerprint density at radius 3 is 2.45 bits per heavy atom. The Morgan fingerprint density at radius 1 is 1.03 bits per heavy atom. The highest BCUT2D eigenvalue weighted by atomic mass is 19.1. The van der Waals surface area contributed by atoms with Gasteiger partial charge in [0.05, 0.1) is 23.9 Å². The van der Waals surface area contributed by atoms with Gasteiger partial charge in [0.25, 0.3) is 5.91 Å². The summed E-state index contributed by atoms with van der Waals surface area (Å²) >= 11 is 0. The van der Waals surface area contributed by atoms with Gasteiger partial charge in [0.2, 0.25) is 0 Å². The van der Waals surface area contributed by atoms with Crippen LogP contribution in [0.2, 0.25) is 0 Å². The maximum atomic E-state index is 15.6. The maximum absolute atomic E-state index is 15.6. The number of hydrogen-bond acceptors (Lipinski definition) is 4. The van der Waals surface area contributed by atoms with Crippen molar-refractivity contribution < 1.29 is 18.3 Å². The van der Waals surface area contributed by atoms with E-state index in [-0.39, 0.29) is 23.2 Å². The fraction of sp³-hybridized carbons (Fsp3) is 0.267. The number of H-pyrrole nitrogens is 1. The highest BCUT2D eigenvalue weighted by Gasteiger charge is 2.27. The minimum atomic E-state index is -0.413. The lowest BCUT2D eigenvalue weighted by Gasteiger charge is -2.36. The number of nitriles is 1. The van der Waals surface area contributed by atoms with Crippen molar-refractivity contribution in [2.45, 2.75) is 19.8 Å². The zero-order chi connectivity index (χ0) is 27.0. The number of piperazine rings is 1. The minimum Gasteiger partial charge on any atom is -0.496 e.